The Morgan fingerprint density at radius 1 is 0.812 bits per heavy atom. The van der Waals surface area contributed by atoms with E-state index < -0.39 is 0 Å². The molecular formula is C15H17B. The Bertz CT molecular complexity index is 408. The summed E-state index contributed by atoms with van der Waals surface area (Å²) in [5.41, 5.74) is 2.88. The van der Waals surface area contributed by atoms with Gasteiger partial charge < -0.3 is 0 Å². The normalized spacial score (nSPS) is 12.2. The predicted octanol–water partition coefficient (Wildman–Crippen LogP) is 2.99. The van der Waals surface area contributed by atoms with Crippen LogP contribution in [-0.4, -0.2) is 7.85 Å². The largest absolute Gasteiger partial charge is 0.111 e. The molecule has 1 atom stereocenters. The number of hydrogen-bond acceptors (Lipinski definition) is 0. The highest BCUT2D eigenvalue weighted by Crippen LogP contribution is 2.17. The first-order valence-corrected chi connectivity index (χ1v) is 5.95. The van der Waals surface area contributed by atoms with Crippen LogP contribution in [-0.2, 0) is 6.42 Å². The average Bonchev–Trinajstić information content (AvgIpc) is 2.38. The summed E-state index contributed by atoms with van der Waals surface area (Å²) in [4.78, 5) is 0. The van der Waals surface area contributed by atoms with E-state index in [1.807, 2.05) is 0 Å². The van der Waals surface area contributed by atoms with E-state index in [4.69, 9.17) is 0 Å². The van der Waals surface area contributed by atoms with Gasteiger partial charge in [0.1, 0.15) is 7.85 Å². The lowest BCUT2D eigenvalue weighted by molar-refractivity contribution is 0.792. The molecule has 0 spiro atoms. The summed E-state index contributed by atoms with van der Waals surface area (Å²) in [5.74, 6) is 0.640. The number of aryl methyl sites for hydroxylation is 1. The minimum absolute atomic E-state index is 0.640. The minimum atomic E-state index is 0.640. The van der Waals surface area contributed by atoms with Gasteiger partial charge in [-0.15, -0.1) is 0 Å². The molecular weight excluding hydrogens is 191 g/mol. The summed E-state index contributed by atoms with van der Waals surface area (Å²) in [6, 6.07) is 21.5. The fraction of sp³-hybridized carbons (Fsp3) is 0.200. The molecule has 16 heavy (non-hydrogen) atoms. The first kappa shape index (κ1) is 11.0. The molecule has 0 aromatic heterocycles. The van der Waals surface area contributed by atoms with E-state index in [9.17, 15) is 0 Å². The maximum atomic E-state index is 2.30. The standard InChI is InChI=1S/C15H17B/c16-15(14-9-5-2-6-10-14)12-11-13-7-3-1-4-8-13/h1-10,15H,11-12,16H2. The Balaban J connectivity index is 1.92. The van der Waals surface area contributed by atoms with Crippen LogP contribution in [0.2, 0.25) is 0 Å². The van der Waals surface area contributed by atoms with Crippen molar-refractivity contribution >= 4 is 7.85 Å². The lowest BCUT2D eigenvalue weighted by Gasteiger charge is -2.11. The zero-order valence-electron chi connectivity index (χ0n) is 9.77. The summed E-state index contributed by atoms with van der Waals surface area (Å²) in [7, 11) is 2.30. The van der Waals surface area contributed by atoms with Crippen LogP contribution in [0.5, 0.6) is 0 Å². The van der Waals surface area contributed by atoms with Gasteiger partial charge in [-0.05, 0) is 24.2 Å². The van der Waals surface area contributed by atoms with Crippen molar-refractivity contribution in [1.29, 1.82) is 0 Å². The van der Waals surface area contributed by atoms with Gasteiger partial charge in [0.2, 0.25) is 0 Å². The third-order valence-corrected chi connectivity index (χ3v) is 3.08. The summed E-state index contributed by atoms with van der Waals surface area (Å²) in [5, 5.41) is 0. The molecule has 0 amide bonds. The summed E-state index contributed by atoms with van der Waals surface area (Å²) in [6.45, 7) is 0. The topological polar surface area (TPSA) is 0 Å². The van der Waals surface area contributed by atoms with Crippen LogP contribution in [0.3, 0.4) is 0 Å². The third-order valence-electron chi connectivity index (χ3n) is 3.08. The maximum absolute atomic E-state index is 2.30. The van der Waals surface area contributed by atoms with E-state index in [2.05, 4.69) is 68.5 Å². The second kappa shape index (κ2) is 5.55. The molecule has 0 saturated carbocycles. The van der Waals surface area contributed by atoms with E-state index in [0.717, 1.165) is 6.42 Å². The monoisotopic (exact) mass is 208 g/mol. The van der Waals surface area contributed by atoms with Crippen molar-refractivity contribution in [2.45, 2.75) is 18.7 Å². The molecule has 0 fully saturated rings. The van der Waals surface area contributed by atoms with Crippen molar-refractivity contribution in [3.8, 4) is 0 Å². The van der Waals surface area contributed by atoms with Crippen molar-refractivity contribution in [2.75, 3.05) is 0 Å². The van der Waals surface area contributed by atoms with Crippen molar-refractivity contribution in [3.63, 3.8) is 0 Å². The first-order valence-electron chi connectivity index (χ1n) is 5.95. The van der Waals surface area contributed by atoms with Gasteiger partial charge in [-0.25, -0.2) is 0 Å². The fourth-order valence-electron chi connectivity index (χ4n) is 1.98. The zero-order chi connectivity index (χ0) is 11.2. The lowest BCUT2D eigenvalue weighted by atomic mass is 9.77. The van der Waals surface area contributed by atoms with Crippen molar-refractivity contribution in [1.82, 2.24) is 0 Å². The van der Waals surface area contributed by atoms with Crippen LogP contribution in [0.15, 0.2) is 60.7 Å². The van der Waals surface area contributed by atoms with Gasteiger partial charge in [0.15, 0.2) is 0 Å². The number of rotatable bonds is 4. The van der Waals surface area contributed by atoms with Crippen molar-refractivity contribution in [2.24, 2.45) is 0 Å². The van der Waals surface area contributed by atoms with Gasteiger partial charge >= 0.3 is 0 Å². The minimum Gasteiger partial charge on any atom is -0.0622 e. The average molecular weight is 208 g/mol. The summed E-state index contributed by atoms with van der Waals surface area (Å²) in [6.07, 6.45) is 2.38. The van der Waals surface area contributed by atoms with Crippen LogP contribution in [0.25, 0.3) is 0 Å². The SMILES string of the molecule is BC(CCc1ccccc1)c1ccccc1. The number of hydrogen-bond donors (Lipinski definition) is 0. The van der Waals surface area contributed by atoms with E-state index in [1.54, 1.807) is 0 Å². The van der Waals surface area contributed by atoms with Crippen molar-refractivity contribution in [3.05, 3.63) is 71.8 Å². The molecule has 80 valence electrons. The molecule has 0 nitrogen and oxygen atoms in total. The van der Waals surface area contributed by atoms with Crippen LogP contribution in [0, 0.1) is 0 Å². The predicted molar refractivity (Wildman–Crippen MR) is 72.5 cm³/mol. The van der Waals surface area contributed by atoms with Crippen LogP contribution in [0.1, 0.15) is 23.4 Å². The second-order valence-corrected chi connectivity index (χ2v) is 4.34. The molecule has 0 heterocycles. The Morgan fingerprint density at radius 2 is 1.38 bits per heavy atom. The van der Waals surface area contributed by atoms with E-state index in [-0.39, 0.29) is 0 Å². The molecule has 1 unspecified atom stereocenters. The zero-order valence-corrected chi connectivity index (χ0v) is 9.77. The van der Waals surface area contributed by atoms with E-state index >= 15 is 0 Å². The van der Waals surface area contributed by atoms with E-state index in [1.165, 1.54) is 17.5 Å². The second-order valence-electron chi connectivity index (χ2n) is 4.34. The molecule has 1 heteroatoms. The van der Waals surface area contributed by atoms with Crippen LogP contribution < -0.4 is 0 Å². The summed E-state index contributed by atoms with van der Waals surface area (Å²) < 4.78 is 0. The molecule has 0 radical (unpaired) electrons. The molecule has 2 aromatic carbocycles. The molecule has 2 rings (SSSR count). The number of benzene rings is 2. The summed E-state index contributed by atoms with van der Waals surface area (Å²) >= 11 is 0. The van der Waals surface area contributed by atoms with Gasteiger partial charge in [-0.3, -0.25) is 0 Å². The molecule has 0 aliphatic carbocycles. The molecule has 0 N–H and O–H groups in total. The highest BCUT2D eigenvalue weighted by atomic mass is 14.0. The van der Waals surface area contributed by atoms with E-state index in [0.29, 0.717) is 5.82 Å². The smallest absolute Gasteiger partial charge is 0.0622 e. The maximum Gasteiger partial charge on any atom is 0.111 e. The van der Waals surface area contributed by atoms with Gasteiger partial charge in [0.25, 0.3) is 0 Å². The molecule has 0 aliphatic rings. The highest BCUT2D eigenvalue weighted by Gasteiger charge is 2.04. The van der Waals surface area contributed by atoms with Gasteiger partial charge in [-0.2, -0.15) is 0 Å². The molecule has 0 bridgehead atoms. The Kier molecular flexibility index (Phi) is 3.82. The third kappa shape index (κ3) is 3.00. The van der Waals surface area contributed by atoms with Crippen LogP contribution >= 0.6 is 0 Å². The molecule has 2 aromatic rings. The Hall–Kier alpha value is -1.50. The first-order chi connectivity index (χ1) is 7.86. The Morgan fingerprint density at radius 3 is 2.00 bits per heavy atom. The van der Waals surface area contributed by atoms with Gasteiger partial charge in [0.05, 0.1) is 0 Å². The Labute approximate surface area is 98.7 Å². The highest BCUT2D eigenvalue weighted by molar-refractivity contribution is 6.12. The lowest BCUT2D eigenvalue weighted by Crippen LogP contribution is -2.00. The molecule has 0 saturated heterocycles. The van der Waals surface area contributed by atoms with Gasteiger partial charge in [-0.1, -0.05) is 66.2 Å². The van der Waals surface area contributed by atoms with Crippen LogP contribution in [0.4, 0.5) is 0 Å². The fourth-order valence-corrected chi connectivity index (χ4v) is 1.98. The quantitative estimate of drug-likeness (QED) is 0.677. The van der Waals surface area contributed by atoms with Crippen molar-refractivity contribution < 1.29 is 0 Å². The van der Waals surface area contributed by atoms with Gasteiger partial charge in [0, 0.05) is 0 Å². The molecule has 0 aliphatic heterocycles.